The summed E-state index contributed by atoms with van der Waals surface area (Å²) in [5, 5.41) is 3.00. The summed E-state index contributed by atoms with van der Waals surface area (Å²) in [7, 11) is 1.62. The number of hydrogen-bond donors (Lipinski definition) is 1. The zero-order chi connectivity index (χ0) is 18.4. The smallest absolute Gasteiger partial charge is 0.331 e. The molecule has 0 heterocycles. The molecule has 2 rings (SSSR count). The summed E-state index contributed by atoms with van der Waals surface area (Å²) >= 11 is 0. The average molecular weight is 347 g/mol. The van der Waals surface area contributed by atoms with E-state index in [1.807, 2.05) is 25.1 Å². The fraction of sp³-hybridized carbons (Fsp3) is 0.600. The van der Waals surface area contributed by atoms with Gasteiger partial charge in [-0.3, -0.25) is 4.79 Å². The Hall–Kier alpha value is -2.04. The Kier molecular flexibility index (Phi) is 6.45. The van der Waals surface area contributed by atoms with E-state index < -0.39 is 5.54 Å². The number of carbonyl (C=O) groups excluding carboxylic acids is 2. The lowest BCUT2D eigenvalue weighted by Crippen LogP contribution is -2.57. The molecular formula is C20H29NO4. The SMILES string of the molecule is CCOC(=O)C1(NC(=O)Cc2ccc(OC)cc2C)CCC(C)CC1. The predicted octanol–water partition coefficient (Wildman–Crippen LogP) is 3.17. The molecule has 1 aliphatic rings. The summed E-state index contributed by atoms with van der Waals surface area (Å²) in [5.41, 5.74) is 1.05. The number of rotatable bonds is 6. The zero-order valence-electron chi connectivity index (χ0n) is 15.7. The van der Waals surface area contributed by atoms with Crippen LogP contribution in [-0.4, -0.2) is 31.1 Å². The van der Waals surface area contributed by atoms with E-state index in [1.54, 1.807) is 14.0 Å². The Labute approximate surface area is 150 Å². The minimum absolute atomic E-state index is 0.143. The van der Waals surface area contributed by atoms with Crippen molar-refractivity contribution in [2.24, 2.45) is 5.92 Å². The van der Waals surface area contributed by atoms with Gasteiger partial charge >= 0.3 is 5.97 Å². The highest BCUT2D eigenvalue weighted by atomic mass is 16.5. The standard InChI is InChI=1S/C20H29NO4/c1-5-25-19(23)20(10-8-14(2)9-11-20)21-18(22)13-16-6-7-17(24-4)12-15(16)3/h6-7,12,14H,5,8-11,13H2,1-4H3,(H,21,22). The maximum Gasteiger partial charge on any atom is 0.331 e. The molecule has 5 heteroatoms. The van der Waals surface area contributed by atoms with Gasteiger partial charge in [0.1, 0.15) is 11.3 Å². The fourth-order valence-electron chi connectivity index (χ4n) is 3.38. The largest absolute Gasteiger partial charge is 0.497 e. The van der Waals surface area contributed by atoms with Crippen LogP contribution in [0, 0.1) is 12.8 Å². The van der Waals surface area contributed by atoms with Crippen LogP contribution in [-0.2, 0) is 20.7 Å². The number of hydrogen-bond acceptors (Lipinski definition) is 4. The van der Waals surface area contributed by atoms with Crippen molar-refractivity contribution in [3.8, 4) is 5.75 Å². The second-order valence-corrected chi connectivity index (χ2v) is 7.00. The second-order valence-electron chi connectivity index (χ2n) is 7.00. The van der Waals surface area contributed by atoms with E-state index in [4.69, 9.17) is 9.47 Å². The lowest BCUT2D eigenvalue weighted by molar-refractivity contribution is -0.155. The van der Waals surface area contributed by atoms with Gasteiger partial charge in [0.2, 0.25) is 5.91 Å². The number of benzene rings is 1. The van der Waals surface area contributed by atoms with Crippen LogP contribution in [0.1, 0.15) is 50.7 Å². The Balaban J connectivity index is 2.10. The van der Waals surface area contributed by atoms with Crippen LogP contribution in [0.15, 0.2) is 18.2 Å². The number of nitrogens with one attached hydrogen (secondary N) is 1. The summed E-state index contributed by atoms with van der Waals surface area (Å²) in [6, 6.07) is 5.65. The number of esters is 1. The lowest BCUT2D eigenvalue weighted by Gasteiger charge is -2.37. The van der Waals surface area contributed by atoms with Gasteiger partial charge in [-0.25, -0.2) is 4.79 Å². The summed E-state index contributed by atoms with van der Waals surface area (Å²) in [6.45, 7) is 6.25. The summed E-state index contributed by atoms with van der Waals surface area (Å²) < 4.78 is 10.5. The van der Waals surface area contributed by atoms with Gasteiger partial charge < -0.3 is 14.8 Å². The molecule has 0 radical (unpaired) electrons. The van der Waals surface area contributed by atoms with Gasteiger partial charge in [-0.1, -0.05) is 13.0 Å². The molecule has 138 valence electrons. The number of methoxy groups -OCH3 is 1. The first-order valence-electron chi connectivity index (χ1n) is 9.02. The Morgan fingerprint density at radius 3 is 2.52 bits per heavy atom. The van der Waals surface area contributed by atoms with Crippen LogP contribution in [0.4, 0.5) is 0 Å². The molecule has 1 fully saturated rings. The van der Waals surface area contributed by atoms with E-state index in [2.05, 4.69) is 12.2 Å². The monoisotopic (exact) mass is 347 g/mol. The molecule has 0 saturated heterocycles. The van der Waals surface area contributed by atoms with Crippen molar-refractivity contribution in [2.45, 2.75) is 58.4 Å². The van der Waals surface area contributed by atoms with Gasteiger partial charge in [0, 0.05) is 0 Å². The minimum atomic E-state index is -0.875. The van der Waals surface area contributed by atoms with Crippen LogP contribution in [0.3, 0.4) is 0 Å². The molecule has 5 nitrogen and oxygen atoms in total. The second kappa shape index (κ2) is 8.37. The highest BCUT2D eigenvalue weighted by molar-refractivity contribution is 5.89. The Morgan fingerprint density at radius 1 is 1.28 bits per heavy atom. The van der Waals surface area contributed by atoms with Crippen LogP contribution in [0.5, 0.6) is 5.75 Å². The maximum atomic E-state index is 12.6. The molecule has 1 aromatic rings. The van der Waals surface area contributed by atoms with Gasteiger partial charge in [-0.05, 0) is 68.7 Å². The van der Waals surface area contributed by atoms with E-state index in [0.717, 1.165) is 29.7 Å². The quantitative estimate of drug-likeness (QED) is 0.803. The molecule has 0 unspecified atom stereocenters. The van der Waals surface area contributed by atoms with Gasteiger partial charge in [-0.15, -0.1) is 0 Å². The Bertz CT molecular complexity index is 618. The van der Waals surface area contributed by atoms with Crippen molar-refractivity contribution < 1.29 is 19.1 Å². The van der Waals surface area contributed by atoms with Crippen molar-refractivity contribution in [1.29, 1.82) is 0 Å². The third kappa shape index (κ3) is 4.74. The molecular weight excluding hydrogens is 318 g/mol. The van der Waals surface area contributed by atoms with Crippen molar-refractivity contribution in [3.63, 3.8) is 0 Å². The molecule has 1 saturated carbocycles. The first kappa shape index (κ1) is 19.3. The Morgan fingerprint density at radius 2 is 1.96 bits per heavy atom. The van der Waals surface area contributed by atoms with E-state index in [-0.39, 0.29) is 18.3 Å². The topological polar surface area (TPSA) is 64.6 Å². The molecule has 0 atom stereocenters. The maximum absolute atomic E-state index is 12.6. The molecule has 0 aliphatic heterocycles. The minimum Gasteiger partial charge on any atom is -0.497 e. The summed E-state index contributed by atoms with van der Waals surface area (Å²) in [4.78, 5) is 25.1. The molecule has 1 N–H and O–H groups in total. The zero-order valence-corrected chi connectivity index (χ0v) is 15.7. The first-order chi connectivity index (χ1) is 11.9. The van der Waals surface area contributed by atoms with E-state index in [1.165, 1.54) is 0 Å². The van der Waals surface area contributed by atoms with Crippen LogP contribution < -0.4 is 10.1 Å². The van der Waals surface area contributed by atoms with Crippen molar-refractivity contribution in [3.05, 3.63) is 29.3 Å². The van der Waals surface area contributed by atoms with Crippen molar-refractivity contribution in [2.75, 3.05) is 13.7 Å². The number of aryl methyl sites for hydroxylation is 1. The third-order valence-electron chi connectivity index (χ3n) is 5.07. The van der Waals surface area contributed by atoms with E-state index in [9.17, 15) is 9.59 Å². The molecule has 1 aliphatic carbocycles. The molecule has 1 aromatic carbocycles. The first-order valence-corrected chi connectivity index (χ1v) is 9.02. The van der Waals surface area contributed by atoms with Crippen LogP contribution in [0.25, 0.3) is 0 Å². The highest BCUT2D eigenvalue weighted by Crippen LogP contribution is 2.33. The van der Waals surface area contributed by atoms with Crippen LogP contribution in [0.2, 0.25) is 0 Å². The average Bonchev–Trinajstić information content (AvgIpc) is 2.59. The van der Waals surface area contributed by atoms with Gasteiger partial charge in [0.15, 0.2) is 0 Å². The number of ether oxygens (including phenoxy) is 2. The molecule has 0 bridgehead atoms. The molecule has 1 amide bonds. The molecule has 25 heavy (non-hydrogen) atoms. The summed E-state index contributed by atoms with van der Waals surface area (Å²) in [5.74, 6) is 0.895. The van der Waals surface area contributed by atoms with Gasteiger partial charge in [0.05, 0.1) is 20.1 Å². The predicted molar refractivity (Wildman–Crippen MR) is 96.6 cm³/mol. The van der Waals surface area contributed by atoms with Crippen LogP contribution >= 0.6 is 0 Å². The van der Waals surface area contributed by atoms with Crippen molar-refractivity contribution >= 4 is 11.9 Å². The summed E-state index contributed by atoms with van der Waals surface area (Å²) in [6.07, 6.45) is 3.36. The lowest BCUT2D eigenvalue weighted by atomic mass is 9.77. The van der Waals surface area contributed by atoms with Crippen molar-refractivity contribution in [1.82, 2.24) is 5.32 Å². The van der Waals surface area contributed by atoms with E-state index in [0.29, 0.717) is 25.4 Å². The number of amides is 1. The highest BCUT2D eigenvalue weighted by Gasteiger charge is 2.43. The molecule has 0 aromatic heterocycles. The van der Waals surface area contributed by atoms with Gasteiger partial charge in [-0.2, -0.15) is 0 Å². The number of carbonyl (C=O) groups is 2. The normalized spacial score (nSPS) is 23.0. The molecule has 0 spiro atoms. The fourth-order valence-corrected chi connectivity index (χ4v) is 3.38. The third-order valence-corrected chi connectivity index (χ3v) is 5.07. The van der Waals surface area contributed by atoms with Gasteiger partial charge in [0.25, 0.3) is 0 Å². The van der Waals surface area contributed by atoms with E-state index >= 15 is 0 Å².